The predicted molar refractivity (Wildman–Crippen MR) is 156 cm³/mol. The Morgan fingerprint density at radius 1 is 1.08 bits per heavy atom. The summed E-state index contributed by atoms with van der Waals surface area (Å²) in [6, 6.07) is 12.7. The van der Waals surface area contributed by atoms with Crippen LogP contribution in [-0.2, 0) is 7.05 Å². The molecular weight excluding hydrogens is 516 g/mol. The Morgan fingerprint density at radius 2 is 1.79 bits per heavy atom. The fourth-order valence-corrected chi connectivity index (χ4v) is 5.69. The second-order valence-corrected chi connectivity index (χ2v) is 10.4. The quantitative estimate of drug-likeness (QED) is 0.320. The summed E-state index contributed by atoms with van der Waals surface area (Å²) in [6.45, 7) is 9.14. The Bertz CT molecular complexity index is 1550. The van der Waals surface area contributed by atoms with E-state index in [-0.39, 0.29) is 17.2 Å². The van der Waals surface area contributed by atoms with Crippen molar-refractivity contribution in [3.05, 3.63) is 63.5 Å². The molecule has 1 amide bonds. The lowest BCUT2D eigenvalue weighted by Crippen LogP contribution is -2.47. The molecule has 10 heteroatoms. The second-order valence-electron chi connectivity index (χ2n) is 9.98. The van der Waals surface area contributed by atoms with Gasteiger partial charge in [-0.15, -0.1) is 0 Å². The fraction of sp³-hybridized carbons (Fsp3) is 0.414. The number of carbonyl (C=O) groups excluding carboxylic acids is 1. The molecule has 0 radical (unpaired) electrons. The average Bonchev–Trinajstić information content (AvgIpc) is 3.25. The maximum atomic E-state index is 13.7. The normalized spacial score (nSPS) is 14.8. The number of piperazine rings is 1. The highest BCUT2D eigenvalue weighted by atomic mass is 35.5. The molecule has 3 heterocycles. The Hall–Kier alpha value is -3.40. The van der Waals surface area contributed by atoms with Crippen molar-refractivity contribution >= 4 is 39.3 Å². The molecule has 1 fully saturated rings. The van der Waals surface area contributed by atoms with Crippen LogP contribution in [0.15, 0.2) is 47.3 Å². The van der Waals surface area contributed by atoms with E-state index in [0.717, 1.165) is 56.6 Å². The van der Waals surface area contributed by atoms with Gasteiger partial charge < -0.3 is 24.4 Å². The third-order valence-electron chi connectivity index (χ3n) is 7.48. The molecule has 1 saturated heterocycles. The zero-order valence-electron chi connectivity index (χ0n) is 22.7. The number of nitrogens with zero attached hydrogens (tertiary/aromatic N) is 5. The number of halogens is 1. The van der Waals surface area contributed by atoms with Gasteiger partial charge in [-0.1, -0.05) is 36.7 Å². The van der Waals surface area contributed by atoms with E-state index in [9.17, 15) is 9.59 Å². The molecule has 1 N–H and O–H groups in total. The van der Waals surface area contributed by atoms with Crippen LogP contribution in [0.2, 0.25) is 5.02 Å². The molecule has 0 aliphatic carbocycles. The van der Waals surface area contributed by atoms with Crippen molar-refractivity contribution in [2.45, 2.75) is 19.8 Å². The number of rotatable bonds is 9. The van der Waals surface area contributed by atoms with Crippen molar-refractivity contribution in [2.24, 2.45) is 7.05 Å². The fourth-order valence-electron chi connectivity index (χ4n) is 5.44. The zero-order chi connectivity index (χ0) is 27.5. The van der Waals surface area contributed by atoms with Gasteiger partial charge in [-0.3, -0.25) is 9.59 Å². The number of methoxy groups -OCH3 is 1. The summed E-state index contributed by atoms with van der Waals surface area (Å²) in [5.41, 5.74) is 1.60. The van der Waals surface area contributed by atoms with Crippen LogP contribution in [0.25, 0.3) is 27.5 Å². The number of carbonyl (C=O) groups is 1. The highest BCUT2D eigenvalue weighted by Gasteiger charge is 2.24. The molecule has 39 heavy (non-hydrogen) atoms. The largest absolute Gasteiger partial charge is 0.495 e. The molecule has 5 rings (SSSR count). The summed E-state index contributed by atoms with van der Waals surface area (Å²) in [6.07, 6.45) is 2.02. The molecule has 2 aromatic carbocycles. The van der Waals surface area contributed by atoms with Gasteiger partial charge in [-0.25, -0.2) is 0 Å². The van der Waals surface area contributed by atoms with Crippen LogP contribution in [0, 0.1) is 0 Å². The lowest BCUT2D eigenvalue weighted by Gasteiger charge is -2.34. The first-order chi connectivity index (χ1) is 18.9. The monoisotopic (exact) mass is 550 g/mol. The first-order valence-corrected chi connectivity index (χ1v) is 13.9. The molecule has 0 atom stereocenters. The Labute approximate surface area is 232 Å². The molecule has 0 spiro atoms. The Balaban J connectivity index is 1.43. The van der Waals surface area contributed by atoms with Crippen LogP contribution < -0.4 is 15.6 Å². The third kappa shape index (κ3) is 5.39. The highest BCUT2D eigenvalue weighted by Crippen LogP contribution is 2.30. The van der Waals surface area contributed by atoms with Crippen molar-refractivity contribution < 1.29 is 9.53 Å². The van der Waals surface area contributed by atoms with Gasteiger partial charge in [0.2, 0.25) is 0 Å². The molecule has 4 aromatic rings. The van der Waals surface area contributed by atoms with Crippen molar-refractivity contribution in [1.29, 1.82) is 0 Å². The van der Waals surface area contributed by atoms with Crippen LogP contribution in [0.4, 0.5) is 0 Å². The molecule has 1 aliphatic rings. The topological polar surface area (TPSA) is 84.6 Å². The van der Waals surface area contributed by atoms with E-state index in [0.29, 0.717) is 33.9 Å². The minimum atomic E-state index is -0.330. The van der Waals surface area contributed by atoms with Gasteiger partial charge in [0.25, 0.3) is 11.5 Å². The molecule has 206 valence electrons. The van der Waals surface area contributed by atoms with Gasteiger partial charge in [0.05, 0.1) is 17.8 Å². The zero-order valence-corrected chi connectivity index (χ0v) is 23.5. The van der Waals surface area contributed by atoms with Gasteiger partial charge in [-0.2, -0.15) is 9.78 Å². The van der Waals surface area contributed by atoms with Crippen LogP contribution in [0.5, 0.6) is 5.75 Å². The van der Waals surface area contributed by atoms with E-state index in [4.69, 9.17) is 16.3 Å². The molecule has 0 saturated carbocycles. The van der Waals surface area contributed by atoms with E-state index >= 15 is 0 Å². The third-order valence-corrected chi connectivity index (χ3v) is 7.77. The van der Waals surface area contributed by atoms with Crippen molar-refractivity contribution in [3.63, 3.8) is 0 Å². The lowest BCUT2D eigenvalue weighted by atomic mass is 10.1. The van der Waals surface area contributed by atoms with Crippen molar-refractivity contribution in [2.75, 3.05) is 52.9 Å². The second kappa shape index (κ2) is 11.8. The maximum Gasteiger partial charge on any atom is 0.296 e. The molecule has 9 nitrogen and oxygen atoms in total. The number of hydrogen-bond donors (Lipinski definition) is 1. The first-order valence-electron chi connectivity index (χ1n) is 13.5. The smallest absolute Gasteiger partial charge is 0.296 e. The standard InChI is InChI=1S/C29H35ClN6O3/c1-4-13-34-15-17-35(18-16-34)14-7-12-31-28(37)26-25-21-8-5-6-9-23(21)33(2)27(25)29(38)36(32-26)20-10-11-24(39-3)22(30)19-20/h5-6,8-11,19H,4,7,12-18H2,1-3H3,(H,31,37). The van der Waals surface area contributed by atoms with E-state index in [1.807, 2.05) is 35.9 Å². The average molecular weight is 551 g/mol. The van der Waals surface area contributed by atoms with Gasteiger partial charge in [0, 0.05) is 56.1 Å². The van der Waals surface area contributed by atoms with E-state index in [1.165, 1.54) is 18.2 Å². The van der Waals surface area contributed by atoms with Crippen LogP contribution in [-0.4, -0.2) is 83.0 Å². The molecule has 0 unspecified atom stereocenters. The summed E-state index contributed by atoms with van der Waals surface area (Å²) in [7, 11) is 3.36. The first kappa shape index (κ1) is 27.2. The lowest BCUT2D eigenvalue weighted by molar-refractivity contribution is 0.0943. The Morgan fingerprint density at radius 3 is 2.49 bits per heavy atom. The van der Waals surface area contributed by atoms with Crippen molar-refractivity contribution in [3.8, 4) is 11.4 Å². The van der Waals surface area contributed by atoms with Crippen LogP contribution in [0.3, 0.4) is 0 Å². The molecule has 1 aliphatic heterocycles. The van der Waals surface area contributed by atoms with Crippen LogP contribution in [0.1, 0.15) is 30.3 Å². The minimum absolute atomic E-state index is 0.210. The number of fused-ring (bicyclic) bond motifs is 3. The van der Waals surface area contributed by atoms with E-state index in [2.05, 4.69) is 27.1 Å². The van der Waals surface area contributed by atoms with Crippen LogP contribution >= 0.6 is 11.6 Å². The Kier molecular flexibility index (Phi) is 8.20. The predicted octanol–water partition coefficient (Wildman–Crippen LogP) is 3.69. The number of benzene rings is 2. The number of ether oxygens (including phenoxy) is 1. The van der Waals surface area contributed by atoms with E-state index < -0.39 is 0 Å². The van der Waals surface area contributed by atoms with Gasteiger partial charge in [0.15, 0.2) is 5.69 Å². The highest BCUT2D eigenvalue weighted by molar-refractivity contribution is 6.32. The summed E-state index contributed by atoms with van der Waals surface area (Å²) < 4.78 is 8.33. The van der Waals surface area contributed by atoms with Crippen molar-refractivity contribution in [1.82, 2.24) is 29.5 Å². The molecule has 2 aromatic heterocycles. The molecular formula is C29H35ClN6O3. The van der Waals surface area contributed by atoms with E-state index in [1.54, 1.807) is 18.2 Å². The summed E-state index contributed by atoms with van der Waals surface area (Å²) in [5, 5.41) is 9.36. The summed E-state index contributed by atoms with van der Waals surface area (Å²) >= 11 is 6.36. The number of nitrogens with one attached hydrogen (secondary N) is 1. The molecule has 0 bridgehead atoms. The number of aryl methyl sites for hydroxylation is 1. The maximum absolute atomic E-state index is 13.7. The van der Waals surface area contributed by atoms with Gasteiger partial charge >= 0.3 is 0 Å². The SMILES string of the molecule is CCCN1CCN(CCCNC(=O)c2nn(-c3ccc(OC)c(Cl)c3)c(=O)c3c2c2ccccc2n3C)CC1. The van der Waals surface area contributed by atoms with Gasteiger partial charge in [-0.05, 0) is 50.2 Å². The minimum Gasteiger partial charge on any atom is -0.495 e. The van der Waals surface area contributed by atoms with Gasteiger partial charge in [0.1, 0.15) is 11.3 Å². The number of hydrogen-bond acceptors (Lipinski definition) is 6. The summed E-state index contributed by atoms with van der Waals surface area (Å²) in [4.78, 5) is 32.3. The number of para-hydroxylation sites is 1. The number of aromatic nitrogens is 3. The summed E-state index contributed by atoms with van der Waals surface area (Å²) in [5.74, 6) is 0.182. The number of amides is 1.